The van der Waals surface area contributed by atoms with Crippen molar-refractivity contribution in [3.05, 3.63) is 47.3 Å². The highest BCUT2D eigenvalue weighted by Crippen LogP contribution is 2.17. The molecule has 1 saturated heterocycles. The lowest BCUT2D eigenvalue weighted by Crippen LogP contribution is -2.31. The molecule has 1 amide bonds. The Hall–Kier alpha value is -2.94. The third-order valence-electron chi connectivity index (χ3n) is 3.99. The third-order valence-corrected chi connectivity index (χ3v) is 3.99. The summed E-state index contributed by atoms with van der Waals surface area (Å²) in [5.74, 6) is 0.350. The Bertz CT molecular complexity index is 773. The number of anilines is 2. The average molecular weight is 321 g/mol. The van der Waals surface area contributed by atoms with E-state index in [2.05, 4.69) is 26.3 Å². The van der Waals surface area contributed by atoms with Gasteiger partial charge in [0, 0.05) is 24.5 Å². The Morgan fingerprint density at radius 3 is 2.54 bits per heavy atom. The average Bonchev–Trinajstić information content (AvgIpc) is 2.62. The quantitative estimate of drug-likeness (QED) is 0.940. The molecule has 1 aliphatic rings. The van der Waals surface area contributed by atoms with E-state index in [9.17, 15) is 4.79 Å². The van der Waals surface area contributed by atoms with Gasteiger partial charge in [0.2, 0.25) is 5.95 Å². The molecule has 0 unspecified atom stereocenters. The van der Waals surface area contributed by atoms with Gasteiger partial charge in [0.05, 0.1) is 11.6 Å². The van der Waals surface area contributed by atoms with Crippen LogP contribution in [0.4, 0.5) is 11.6 Å². The first-order valence-corrected chi connectivity index (χ1v) is 8.08. The Morgan fingerprint density at radius 1 is 1.17 bits per heavy atom. The van der Waals surface area contributed by atoms with E-state index >= 15 is 0 Å². The van der Waals surface area contributed by atoms with Crippen molar-refractivity contribution in [2.24, 2.45) is 0 Å². The number of nitrogens with one attached hydrogen (secondary N) is 1. The number of amides is 1. The van der Waals surface area contributed by atoms with Crippen molar-refractivity contribution in [1.82, 2.24) is 9.97 Å². The molecular weight excluding hydrogens is 302 g/mol. The maximum absolute atomic E-state index is 12.5. The minimum Gasteiger partial charge on any atom is -0.341 e. The van der Waals surface area contributed by atoms with E-state index in [0.717, 1.165) is 31.6 Å². The van der Waals surface area contributed by atoms with Gasteiger partial charge in [0.1, 0.15) is 5.69 Å². The number of aromatic nitrogens is 2. The Balaban J connectivity index is 1.78. The summed E-state index contributed by atoms with van der Waals surface area (Å²) in [5.41, 5.74) is 2.32. The van der Waals surface area contributed by atoms with Crippen LogP contribution in [0.3, 0.4) is 0 Å². The van der Waals surface area contributed by atoms with Crippen molar-refractivity contribution in [1.29, 1.82) is 5.26 Å². The molecule has 6 nitrogen and oxygen atoms in total. The standard InChI is InChI=1S/C18H19N5O/c1-13-11-16(22-18(20-13)23-9-3-2-4-10-23)17(24)21-15-7-5-14(12-19)6-8-15/h5-8,11H,2-4,9-10H2,1H3,(H,21,24). The lowest BCUT2D eigenvalue weighted by Gasteiger charge is -2.27. The summed E-state index contributed by atoms with van der Waals surface area (Å²) >= 11 is 0. The highest BCUT2D eigenvalue weighted by Gasteiger charge is 2.17. The first-order valence-electron chi connectivity index (χ1n) is 8.08. The molecule has 0 saturated carbocycles. The Kier molecular flexibility index (Phi) is 4.71. The Morgan fingerprint density at radius 2 is 1.88 bits per heavy atom. The van der Waals surface area contributed by atoms with Crippen molar-refractivity contribution in [2.75, 3.05) is 23.3 Å². The van der Waals surface area contributed by atoms with Crippen molar-refractivity contribution < 1.29 is 4.79 Å². The number of nitrogens with zero attached hydrogens (tertiary/aromatic N) is 4. The summed E-state index contributed by atoms with van der Waals surface area (Å²) in [6, 6.07) is 10.5. The number of rotatable bonds is 3. The summed E-state index contributed by atoms with van der Waals surface area (Å²) in [6.07, 6.45) is 3.49. The van der Waals surface area contributed by atoms with Gasteiger partial charge in [0.15, 0.2) is 0 Å². The normalized spacial score (nSPS) is 14.1. The van der Waals surface area contributed by atoms with E-state index < -0.39 is 0 Å². The lowest BCUT2D eigenvalue weighted by atomic mass is 10.1. The minimum absolute atomic E-state index is 0.275. The van der Waals surface area contributed by atoms with Gasteiger partial charge in [-0.25, -0.2) is 9.97 Å². The molecule has 2 heterocycles. The van der Waals surface area contributed by atoms with E-state index in [1.54, 1.807) is 30.3 Å². The summed E-state index contributed by atoms with van der Waals surface area (Å²) in [5, 5.41) is 11.6. The van der Waals surface area contributed by atoms with E-state index in [-0.39, 0.29) is 5.91 Å². The number of hydrogen-bond acceptors (Lipinski definition) is 5. The predicted molar refractivity (Wildman–Crippen MR) is 91.9 cm³/mol. The summed E-state index contributed by atoms with van der Waals surface area (Å²) in [6.45, 7) is 3.73. The molecule has 122 valence electrons. The van der Waals surface area contributed by atoms with Crippen molar-refractivity contribution in [3.63, 3.8) is 0 Å². The van der Waals surface area contributed by atoms with E-state index in [4.69, 9.17) is 5.26 Å². The minimum atomic E-state index is -0.275. The number of hydrogen-bond donors (Lipinski definition) is 1. The van der Waals surface area contributed by atoms with Crippen molar-refractivity contribution >= 4 is 17.5 Å². The molecular formula is C18H19N5O. The molecule has 3 rings (SSSR count). The van der Waals surface area contributed by atoms with Crippen LogP contribution >= 0.6 is 0 Å². The Labute approximate surface area is 141 Å². The highest BCUT2D eigenvalue weighted by molar-refractivity contribution is 6.03. The van der Waals surface area contributed by atoms with Crippen LogP contribution in [0.2, 0.25) is 0 Å². The number of carbonyl (C=O) groups is 1. The smallest absolute Gasteiger partial charge is 0.274 e. The molecule has 24 heavy (non-hydrogen) atoms. The van der Waals surface area contributed by atoms with Gasteiger partial charge in [-0.3, -0.25) is 4.79 Å². The lowest BCUT2D eigenvalue weighted by molar-refractivity contribution is 0.102. The van der Waals surface area contributed by atoms with Crippen LogP contribution < -0.4 is 10.2 Å². The van der Waals surface area contributed by atoms with Crippen LogP contribution in [0.25, 0.3) is 0 Å². The number of piperidine rings is 1. The van der Waals surface area contributed by atoms with Crippen LogP contribution in [-0.4, -0.2) is 29.0 Å². The first-order chi connectivity index (χ1) is 11.7. The van der Waals surface area contributed by atoms with Crippen LogP contribution in [0.1, 0.15) is 41.0 Å². The summed E-state index contributed by atoms with van der Waals surface area (Å²) < 4.78 is 0. The van der Waals surface area contributed by atoms with E-state index in [0.29, 0.717) is 22.9 Å². The number of carbonyl (C=O) groups excluding carboxylic acids is 1. The maximum atomic E-state index is 12.5. The zero-order valence-electron chi connectivity index (χ0n) is 13.6. The maximum Gasteiger partial charge on any atom is 0.274 e. The third kappa shape index (κ3) is 3.69. The van der Waals surface area contributed by atoms with Gasteiger partial charge in [-0.1, -0.05) is 0 Å². The van der Waals surface area contributed by atoms with Gasteiger partial charge >= 0.3 is 0 Å². The molecule has 1 aliphatic heterocycles. The fraction of sp³-hybridized carbons (Fsp3) is 0.333. The van der Waals surface area contributed by atoms with Crippen molar-refractivity contribution in [2.45, 2.75) is 26.2 Å². The van der Waals surface area contributed by atoms with Crippen LogP contribution in [0, 0.1) is 18.3 Å². The zero-order valence-corrected chi connectivity index (χ0v) is 13.6. The molecule has 1 aromatic heterocycles. The second-order valence-electron chi connectivity index (χ2n) is 5.89. The number of aryl methyl sites for hydroxylation is 1. The van der Waals surface area contributed by atoms with Crippen LogP contribution in [0.5, 0.6) is 0 Å². The largest absolute Gasteiger partial charge is 0.341 e. The summed E-state index contributed by atoms with van der Waals surface area (Å²) in [4.78, 5) is 23.5. The van der Waals surface area contributed by atoms with Crippen LogP contribution in [-0.2, 0) is 0 Å². The topological polar surface area (TPSA) is 81.9 Å². The summed E-state index contributed by atoms with van der Waals surface area (Å²) in [7, 11) is 0. The van der Waals surface area contributed by atoms with Crippen LogP contribution in [0.15, 0.2) is 30.3 Å². The van der Waals surface area contributed by atoms with Crippen molar-refractivity contribution in [3.8, 4) is 6.07 Å². The number of nitriles is 1. The van der Waals surface area contributed by atoms with Gasteiger partial charge < -0.3 is 10.2 Å². The first kappa shape index (κ1) is 15.9. The molecule has 2 aromatic rings. The van der Waals surface area contributed by atoms with E-state index in [1.807, 2.05) is 6.92 Å². The fourth-order valence-corrected chi connectivity index (χ4v) is 2.73. The monoisotopic (exact) mass is 321 g/mol. The molecule has 1 aromatic carbocycles. The van der Waals surface area contributed by atoms with E-state index in [1.165, 1.54) is 6.42 Å². The molecule has 0 radical (unpaired) electrons. The number of benzene rings is 1. The fourth-order valence-electron chi connectivity index (χ4n) is 2.73. The molecule has 1 N–H and O–H groups in total. The molecule has 0 atom stereocenters. The zero-order chi connectivity index (χ0) is 16.9. The second-order valence-corrected chi connectivity index (χ2v) is 5.89. The molecule has 0 aliphatic carbocycles. The second kappa shape index (κ2) is 7.09. The SMILES string of the molecule is Cc1cc(C(=O)Nc2ccc(C#N)cc2)nc(N2CCCCC2)n1. The highest BCUT2D eigenvalue weighted by atomic mass is 16.1. The van der Waals surface area contributed by atoms with Gasteiger partial charge in [-0.15, -0.1) is 0 Å². The molecule has 0 bridgehead atoms. The van der Waals surface area contributed by atoms with Gasteiger partial charge in [0.25, 0.3) is 5.91 Å². The molecule has 0 spiro atoms. The molecule has 6 heteroatoms. The van der Waals surface area contributed by atoms with Gasteiger partial charge in [-0.2, -0.15) is 5.26 Å². The van der Waals surface area contributed by atoms with Gasteiger partial charge in [-0.05, 0) is 56.5 Å². The molecule has 1 fully saturated rings. The predicted octanol–water partition coefficient (Wildman–Crippen LogP) is 2.90.